The Hall–Kier alpha value is -2.76. The maximum absolute atomic E-state index is 12.3. The quantitative estimate of drug-likeness (QED) is 0.771. The van der Waals surface area contributed by atoms with Crippen LogP contribution in [0.5, 0.6) is 11.5 Å². The van der Waals surface area contributed by atoms with Crippen LogP contribution in [-0.4, -0.2) is 38.4 Å². The van der Waals surface area contributed by atoms with Crippen molar-refractivity contribution in [2.24, 2.45) is 0 Å². The summed E-state index contributed by atoms with van der Waals surface area (Å²) in [6.45, 7) is 5.12. The Morgan fingerprint density at radius 1 is 1.15 bits per heavy atom. The lowest BCUT2D eigenvalue weighted by atomic mass is 10.1. The molecule has 2 aromatic carbocycles. The standard InChI is InChI=1S/C21H25FN2O3/c1-3-26-18-10-6-17(7-11-18)24-13-20(14-24)27-19-8-4-16(5-9-19)15(2)23-21(25)12-22/h4-11,15,20H,3,12-14H2,1-2H3,(H,23,25)/t15-/m0/s1. The molecule has 1 atom stereocenters. The van der Waals surface area contributed by atoms with Crippen molar-refractivity contribution in [2.45, 2.75) is 26.0 Å². The first-order valence-electron chi connectivity index (χ1n) is 9.18. The number of rotatable bonds is 8. The SMILES string of the molecule is CCOc1ccc(N2CC(Oc3ccc([C@H](C)NC(=O)CF)cc3)C2)cc1. The van der Waals surface area contributed by atoms with Crippen LogP contribution in [0.4, 0.5) is 10.1 Å². The third kappa shape index (κ3) is 4.90. The summed E-state index contributed by atoms with van der Waals surface area (Å²) in [7, 11) is 0. The number of halogens is 1. The highest BCUT2D eigenvalue weighted by Crippen LogP contribution is 2.26. The smallest absolute Gasteiger partial charge is 0.251 e. The molecule has 0 unspecified atom stereocenters. The lowest BCUT2D eigenvalue weighted by molar-refractivity contribution is -0.122. The molecule has 1 aliphatic rings. The van der Waals surface area contributed by atoms with E-state index in [1.807, 2.05) is 50.2 Å². The van der Waals surface area contributed by atoms with Crippen LogP contribution in [0.3, 0.4) is 0 Å². The Balaban J connectivity index is 1.47. The number of amides is 1. The highest BCUT2D eigenvalue weighted by atomic mass is 19.1. The van der Waals surface area contributed by atoms with E-state index in [1.54, 1.807) is 0 Å². The molecule has 3 rings (SSSR count). The normalized spacial score (nSPS) is 15.0. The minimum absolute atomic E-state index is 0.145. The molecule has 1 N–H and O–H groups in total. The van der Waals surface area contributed by atoms with Gasteiger partial charge in [-0.15, -0.1) is 0 Å². The number of ether oxygens (including phenoxy) is 2. The topological polar surface area (TPSA) is 50.8 Å². The molecule has 1 fully saturated rings. The largest absolute Gasteiger partial charge is 0.494 e. The molecule has 1 amide bonds. The molecule has 0 saturated carbocycles. The van der Waals surface area contributed by atoms with Crippen LogP contribution in [0.1, 0.15) is 25.5 Å². The van der Waals surface area contributed by atoms with E-state index >= 15 is 0 Å². The lowest BCUT2D eigenvalue weighted by Crippen LogP contribution is -2.54. The summed E-state index contributed by atoms with van der Waals surface area (Å²) in [4.78, 5) is 13.4. The van der Waals surface area contributed by atoms with E-state index in [-0.39, 0.29) is 12.1 Å². The van der Waals surface area contributed by atoms with Gasteiger partial charge in [-0.2, -0.15) is 0 Å². The zero-order valence-corrected chi connectivity index (χ0v) is 15.7. The molecule has 6 heteroatoms. The van der Waals surface area contributed by atoms with E-state index in [2.05, 4.69) is 22.3 Å². The van der Waals surface area contributed by atoms with Gasteiger partial charge in [0.25, 0.3) is 5.91 Å². The number of alkyl halides is 1. The highest BCUT2D eigenvalue weighted by Gasteiger charge is 2.28. The summed E-state index contributed by atoms with van der Waals surface area (Å²) >= 11 is 0. The zero-order chi connectivity index (χ0) is 19.2. The maximum Gasteiger partial charge on any atom is 0.251 e. The first kappa shape index (κ1) is 19.0. The van der Waals surface area contributed by atoms with Crippen molar-refractivity contribution in [3.63, 3.8) is 0 Å². The molecule has 0 spiro atoms. The van der Waals surface area contributed by atoms with Crippen LogP contribution in [0.15, 0.2) is 48.5 Å². The molecule has 27 heavy (non-hydrogen) atoms. The van der Waals surface area contributed by atoms with Crippen molar-refractivity contribution < 1.29 is 18.7 Å². The van der Waals surface area contributed by atoms with Crippen LogP contribution in [0.2, 0.25) is 0 Å². The molecule has 0 aliphatic carbocycles. The summed E-state index contributed by atoms with van der Waals surface area (Å²) in [6.07, 6.45) is 0.145. The molecule has 0 bridgehead atoms. The molecular weight excluding hydrogens is 347 g/mol. The number of carbonyl (C=O) groups is 1. The number of benzene rings is 2. The van der Waals surface area contributed by atoms with E-state index in [0.717, 1.165) is 35.8 Å². The number of nitrogens with zero attached hydrogens (tertiary/aromatic N) is 1. The molecule has 144 valence electrons. The number of hydrogen-bond acceptors (Lipinski definition) is 4. The zero-order valence-electron chi connectivity index (χ0n) is 15.7. The van der Waals surface area contributed by atoms with Crippen molar-refractivity contribution in [1.29, 1.82) is 0 Å². The van der Waals surface area contributed by atoms with Crippen molar-refractivity contribution in [1.82, 2.24) is 5.32 Å². The predicted molar refractivity (Wildman–Crippen MR) is 103 cm³/mol. The summed E-state index contributed by atoms with van der Waals surface area (Å²) in [5, 5.41) is 2.59. The van der Waals surface area contributed by atoms with Gasteiger partial charge in [-0.25, -0.2) is 4.39 Å². The van der Waals surface area contributed by atoms with Crippen molar-refractivity contribution in [3.8, 4) is 11.5 Å². The predicted octanol–water partition coefficient (Wildman–Crippen LogP) is 3.50. The Bertz CT molecular complexity index is 743. The molecule has 0 aromatic heterocycles. The third-order valence-corrected chi connectivity index (χ3v) is 4.54. The second kappa shape index (κ2) is 8.75. The van der Waals surface area contributed by atoms with Crippen LogP contribution >= 0.6 is 0 Å². The third-order valence-electron chi connectivity index (χ3n) is 4.54. The fourth-order valence-corrected chi connectivity index (χ4v) is 3.03. The van der Waals surface area contributed by atoms with E-state index in [4.69, 9.17) is 9.47 Å². The number of nitrogens with one attached hydrogen (secondary N) is 1. The Morgan fingerprint density at radius 2 is 1.78 bits per heavy atom. The summed E-state index contributed by atoms with van der Waals surface area (Å²) in [5.41, 5.74) is 2.07. The van der Waals surface area contributed by atoms with Crippen LogP contribution < -0.4 is 19.7 Å². The lowest BCUT2D eigenvalue weighted by Gasteiger charge is -2.40. The van der Waals surface area contributed by atoms with Crippen LogP contribution in [-0.2, 0) is 4.79 Å². The van der Waals surface area contributed by atoms with Crippen LogP contribution in [0.25, 0.3) is 0 Å². The van der Waals surface area contributed by atoms with Gasteiger partial charge in [0.05, 0.1) is 25.7 Å². The van der Waals surface area contributed by atoms with Gasteiger partial charge in [0.2, 0.25) is 0 Å². The second-order valence-electron chi connectivity index (χ2n) is 6.56. The molecule has 1 aliphatic heterocycles. The Labute approximate surface area is 159 Å². The number of anilines is 1. The van der Waals surface area contributed by atoms with Gasteiger partial charge >= 0.3 is 0 Å². The number of carbonyl (C=O) groups excluding carboxylic acids is 1. The fourth-order valence-electron chi connectivity index (χ4n) is 3.03. The molecule has 2 aromatic rings. The monoisotopic (exact) mass is 372 g/mol. The highest BCUT2D eigenvalue weighted by molar-refractivity contribution is 5.77. The first-order valence-corrected chi connectivity index (χ1v) is 9.18. The second-order valence-corrected chi connectivity index (χ2v) is 6.56. The van der Waals surface area contributed by atoms with Crippen molar-refractivity contribution in [3.05, 3.63) is 54.1 Å². The number of hydrogen-bond donors (Lipinski definition) is 1. The average molecular weight is 372 g/mol. The van der Waals surface area contributed by atoms with E-state index < -0.39 is 12.6 Å². The molecular formula is C21H25FN2O3. The van der Waals surface area contributed by atoms with Gasteiger partial charge in [0.15, 0.2) is 6.67 Å². The van der Waals surface area contributed by atoms with Gasteiger partial charge in [-0.1, -0.05) is 12.1 Å². The Morgan fingerprint density at radius 3 is 2.37 bits per heavy atom. The molecule has 1 heterocycles. The van der Waals surface area contributed by atoms with Gasteiger partial charge in [-0.3, -0.25) is 4.79 Å². The summed E-state index contributed by atoms with van der Waals surface area (Å²) in [5.74, 6) is 1.07. The van der Waals surface area contributed by atoms with Gasteiger partial charge in [0.1, 0.15) is 17.6 Å². The van der Waals surface area contributed by atoms with E-state index in [0.29, 0.717) is 6.61 Å². The summed E-state index contributed by atoms with van der Waals surface area (Å²) < 4.78 is 23.7. The summed E-state index contributed by atoms with van der Waals surface area (Å²) in [6, 6.07) is 15.4. The van der Waals surface area contributed by atoms with Gasteiger partial charge < -0.3 is 19.7 Å². The average Bonchev–Trinajstić information content (AvgIpc) is 2.66. The van der Waals surface area contributed by atoms with Crippen molar-refractivity contribution in [2.75, 3.05) is 31.3 Å². The van der Waals surface area contributed by atoms with Crippen LogP contribution in [0, 0.1) is 0 Å². The Kier molecular flexibility index (Phi) is 6.16. The van der Waals surface area contributed by atoms with E-state index in [1.165, 1.54) is 0 Å². The molecule has 1 saturated heterocycles. The molecule has 5 nitrogen and oxygen atoms in total. The molecule has 0 radical (unpaired) electrons. The first-order chi connectivity index (χ1) is 13.1. The maximum atomic E-state index is 12.3. The minimum atomic E-state index is -1.00. The minimum Gasteiger partial charge on any atom is -0.494 e. The van der Waals surface area contributed by atoms with Crippen molar-refractivity contribution >= 4 is 11.6 Å². The van der Waals surface area contributed by atoms with Gasteiger partial charge in [-0.05, 0) is 55.8 Å². The fraction of sp³-hybridized carbons (Fsp3) is 0.381. The van der Waals surface area contributed by atoms with E-state index in [9.17, 15) is 9.18 Å². The van der Waals surface area contributed by atoms with Gasteiger partial charge in [0, 0.05) is 5.69 Å².